The van der Waals surface area contributed by atoms with Crippen molar-refractivity contribution >= 4 is 29.4 Å². The van der Waals surface area contributed by atoms with Crippen molar-refractivity contribution in [2.75, 3.05) is 20.3 Å². The Morgan fingerprint density at radius 3 is 2.36 bits per heavy atom. The van der Waals surface area contributed by atoms with E-state index in [0.29, 0.717) is 70.3 Å². The molecule has 11 heteroatoms. The van der Waals surface area contributed by atoms with Crippen LogP contribution in [0.3, 0.4) is 0 Å². The summed E-state index contributed by atoms with van der Waals surface area (Å²) in [4.78, 5) is 68.1. The van der Waals surface area contributed by atoms with Crippen LogP contribution in [0.4, 0.5) is 0 Å². The number of benzene rings is 1. The summed E-state index contributed by atoms with van der Waals surface area (Å²) in [5, 5.41) is 8.70. The first-order valence-electron chi connectivity index (χ1n) is 15.2. The molecule has 0 aliphatic carbocycles. The third-order valence-corrected chi connectivity index (χ3v) is 8.59. The fourth-order valence-corrected chi connectivity index (χ4v) is 5.65. The van der Waals surface area contributed by atoms with Crippen molar-refractivity contribution in [2.45, 2.75) is 102 Å². The van der Waals surface area contributed by atoms with Crippen LogP contribution in [0, 0.1) is 5.92 Å². The molecule has 3 aliphatic heterocycles. The van der Waals surface area contributed by atoms with Crippen LogP contribution in [0.5, 0.6) is 5.75 Å². The van der Waals surface area contributed by atoms with E-state index >= 15 is 0 Å². The van der Waals surface area contributed by atoms with Crippen molar-refractivity contribution in [3.05, 3.63) is 29.8 Å². The van der Waals surface area contributed by atoms with E-state index in [2.05, 4.69) is 16.0 Å². The number of ketones is 1. The van der Waals surface area contributed by atoms with Gasteiger partial charge in [0.2, 0.25) is 23.6 Å². The first-order chi connectivity index (χ1) is 20.2. The molecule has 11 nitrogen and oxygen atoms in total. The number of carbonyl (C=O) groups is 5. The average Bonchev–Trinajstić information content (AvgIpc) is 3.73. The molecule has 3 aliphatic rings. The van der Waals surface area contributed by atoms with Crippen molar-refractivity contribution in [2.24, 2.45) is 5.92 Å². The maximum absolute atomic E-state index is 13.8. The minimum absolute atomic E-state index is 0.0983. The lowest BCUT2D eigenvalue weighted by Gasteiger charge is -2.34. The lowest BCUT2D eigenvalue weighted by Crippen LogP contribution is -2.62. The van der Waals surface area contributed by atoms with Crippen LogP contribution in [-0.4, -0.2) is 84.8 Å². The highest BCUT2D eigenvalue weighted by Crippen LogP contribution is 2.23. The summed E-state index contributed by atoms with van der Waals surface area (Å²) >= 11 is 0. The summed E-state index contributed by atoms with van der Waals surface area (Å²) < 4.78 is 10.3. The number of nitrogens with one attached hydrogen (secondary N) is 3. The van der Waals surface area contributed by atoms with Gasteiger partial charge < -0.3 is 30.3 Å². The van der Waals surface area contributed by atoms with Crippen LogP contribution >= 0.6 is 0 Å². The maximum atomic E-state index is 13.8. The second-order valence-corrected chi connectivity index (χ2v) is 11.6. The molecule has 230 valence electrons. The van der Waals surface area contributed by atoms with Gasteiger partial charge in [0.1, 0.15) is 36.0 Å². The van der Waals surface area contributed by atoms with Crippen molar-refractivity contribution in [1.29, 1.82) is 0 Å². The first kappa shape index (κ1) is 31.5. The fraction of sp³-hybridized carbons (Fsp3) is 0.645. The third-order valence-electron chi connectivity index (χ3n) is 8.59. The highest BCUT2D eigenvalue weighted by atomic mass is 16.6. The number of Topliss-reactive ketones (excluding diaryl/α,β-unsaturated/α-hetero) is 1. The van der Waals surface area contributed by atoms with Gasteiger partial charge in [-0.2, -0.15) is 0 Å². The molecule has 3 fully saturated rings. The molecule has 42 heavy (non-hydrogen) atoms. The Hall–Kier alpha value is -3.47. The van der Waals surface area contributed by atoms with Gasteiger partial charge in [-0.1, -0.05) is 45.2 Å². The molecule has 3 heterocycles. The molecule has 4 amide bonds. The second kappa shape index (κ2) is 14.6. The topological polar surface area (TPSA) is 146 Å². The SMILES string of the molecule is CCC(C)C1NC(=O)C(Cc2ccc(OC)cc2)NC(=O)C(CCCCCC(=O)C2CO2)NC(=O)C2CCCN2C1=O. The zero-order valence-corrected chi connectivity index (χ0v) is 24.9. The number of hydrogen-bond acceptors (Lipinski definition) is 7. The predicted octanol–water partition coefficient (Wildman–Crippen LogP) is 1.66. The van der Waals surface area contributed by atoms with Gasteiger partial charge in [-0.05, 0) is 49.3 Å². The Morgan fingerprint density at radius 2 is 1.69 bits per heavy atom. The molecule has 0 spiro atoms. The quantitative estimate of drug-likeness (QED) is 0.250. The van der Waals surface area contributed by atoms with Crippen LogP contribution in [0.15, 0.2) is 24.3 Å². The summed E-state index contributed by atoms with van der Waals surface area (Å²) in [6.07, 6.45) is 4.51. The highest BCUT2D eigenvalue weighted by molar-refractivity contribution is 5.98. The van der Waals surface area contributed by atoms with E-state index in [9.17, 15) is 24.0 Å². The molecule has 3 N–H and O–H groups in total. The third kappa shape index (κ3) is 8.08. The molecule has 0 aromatic heterocycles. The standard InChI is InChI=1S/C31H44N4O7/c1-4-19(2)27-31(40)35-16-8-10-24(35)30(39)32-22(9-6-5-7-11-25(36)26-18-42-26)28(37)33-23(29(38)34-27)17-20-12-14-21(41-3)15-13-20/h12-15,19,22-24,26-27H,4-11,16-18H2,1-3H3,(H,32,39)(H,33,37)(H,34,38). The number of epoxide rings is 1. The van der Waals surface area contributed by atoms with Crippen LogP contribution < -0.4 is 20.7 Å². The molecule has 3 saturated heterocycles. The molecule has 6 atom stereocenters. The summed E-state index contributed by atoms with van der Waals surface area (Å²) in [7, 11) is 1.57. The van der Waals surface area contributed by atoms with Gasteiger partial charge in [-0.15, -0.1) is 0 Å². The lowest BCUT2D eigenvalue weighted by atomic mass is 9.95. The number of carbonyl (C=O) groups excluding carboxylic acids is 5. The van der Waals surface area contributed by atoms with Gasteiger partial charge >= 0.3 is 0 Å². The summed E-state index contributed by atoms with van der Waals surface area (Å²) in [6, 6.07) is 3.87. The van der Waals surface area contributed by atoms with Crippen molar-refractivity contribution < 1.29 is 33.4 Å². The zero-order chi connectivity index (χ0) is 30.2. The highest BCUT2D eigenvalue weighted by Gasteiger charge is 2.41. The van der Waals surface area contributed by atoms with E-state index in [1.807, 2.05) is 26.0 Å². The number of fused-ring (bicyclic) bond motifs is 1. The Labute approximate surface area is 247 Å². The summed E-state index contributed by atoms with van der Waals surface area (Å²) in [6.45, 7) is 4.77. The molecule has 0 radical (unpaired) electrons. The van der Waals surface area contributed by atoms with E-state index in [1.165, 1.54) is 0 Å². The molecule has 0 bridgehead atoms. The number of ether oxygens (including phenoxy) is 2. The number of nitrogens with zero attached hydrogens (tertiary/aromatic N) is 1. The number of unbranched alkanes of at least 4 members (excludes halogenated alkanes) is 2. The van der Waals surface area contributed by atoms with Gasteiger partial charge in [0.15, 0.2) is 5.78 Å². The molecule has 6 unspecified atom stereocenters. The molecule has 0 saturated carbocycles. The van der Waals surface area contributed by atoms with Crippen LogP contribution in [-0.2, 0) is 35.1 Å². The van der Waals surface area contributed by atoms with Crippen LogP contribution in [0.1, 0.15) is 70.8 Å². The van der Waals surface area contributed by atoms with Gasteiger partial charge in [0, 0.05) is 19.4 Å². The Bertz CT molecular complexity index is 1140. The van der Waals surface area contributed by atoms with E-state index in [4.69, 9.17) is 9.47 Å². The monoisotopic (exact) mass is 584 g/mol. The van der Waals surface area contributed by atoms with E-state index in [1.54, 1.807) is 24.1 Å². The number of hydrogen-bond donors (Lipinski definition) is 3. The van der Waals surface area contributed by atoms with Crippen molar-refractivity contribution in [1.82, 2.24) is 20.9 Å². The van der Waals surface area contributed by atoms with Gasteiger partial charge in [-0.3, -0.25) is 24.0 Å². The van der Waals surface area contributed by atoms with Crippen LogP contribution in [0.2, 0.25) is 0 Å². The molecule has 4 rings (SSSR count). The largest absolute Gasteiger partial charge is 0.497 e. The molecule has 1 aromatic carbocycles. The smallest absolute Gasteiger partial charge is 0.246 e. The Balaban J connectivity index is 1.54. The predicted molar refractivity (Wildman–Crippen MR) is 155 cm³/mol. The van der Waals surface area contributed by atoms with Gasteiger partial charge in [0.05, 0.1) is 13.7 Å². The van der Waals surface area contributed by atoms with E-state index in [0.717, 1.165) is 5.56 Å². The van der Waals surface area contributed by atoms with E-state index < -0.39 is 36.0 Å². The number of rotatable bonds is 12. The Morgan fingerprint density at radius 1 is 1.00 bits per heavy atom. The second-order valence-electron chi connectivity index (χ2n) is 11.6. The van der Waals surface area contributed by atoms with Crippen LogP contribution in [0.25, 0.3) is 0 Å². The van der Waals surface area contributed by atoms with Gasteiger partial charge in [-0.25, -0.2) is 0 Å². The number of methoxy groups -OCH3 is 1. The fourth-order valence-electron chi connectivity index (χ4n) is 5.65. The molecular weight excluding hydrogens is 540 g/mol. The molecule has 1 aromatic rings. The zero-order valence-electron chi connectivity index (χ0n) is 24.9. The minimum atomic E-state index is -0.963. The first-order valence-corrected chi connectivity index (χ1v) is 15.2. The normalized spacial score (nSPS) is 27.1. The molecular formula is C31H44N4O7. The summed E-state index contributed by atoms with van der Waals surface area (Å²) in [5.74, 6) is -0.924. The Kier molecular flexibility index (Phi) is 11.0. The summed E-state index contributed by atoms with van der Waals surface area (Å²) in [5.41, 5.74) is 0.805. The average molecular weight is 585 g/mol. The van der Waals surface area contributed by atoms with Crippen molar-refractivity contribution in [3.63, 3.8) is 0 Å². The number of amides is 4. The lowest BCUT2D eigenvalue weighted by molar-refractivity contribution is -0.144. The maximum Gasteiger partial charge on any atom is 0.246 e. The minimum Gasteiger partial charge on any atom is -0.497 e. The van der Waals surface area contributed by atoms with Gasteiger partial charge in [0.25, 0.3) is 0 Å². The van der Waals surface area contributed by atoms with Crippen molar-refractivity contribution in [3.8, 4) is 5.75 Å². The van der Waals surface area contributed by atoms with E-state index in [-0.39, 0.29) is 36.0 Å².